The summed E-state index contributed by atoms with van der Waals surface area (Å²) in [6.45, 7) is 1.88. The molecule has 0 saturated heterocycles. The summed E-state index contributed by atoms with van der Waals surface area (Å²) in [5.41, 5.74) is 6.57. The van der Waals surface area contributed by atoms with E-state index < -0.39 is 11.8 Å². The Labute approximate surface area is 129 Å². The number of carbonyl (C=O) groups excluding carboxylic acids is 2. The van der Waals surface area contributed by atoms with E-state index in [1.807, 2.05) is 6.08 Å². The first-order valence-electron chi connectivity index (χ1n) is 7.11. The summed E-state index contributed by atoms with van der Waals surface area (Å²) in [6.07, 6.45) is 2.84. The van der Waals surface area contributed by atoms with Crippen molar-refractivity contribution in [3.05, 3.63) is 36.0 Å². The summed E-state index contributed by atoms with van der Waals surface area (Å²) in [4.78, 5) is 25.1. The van der Waals surface area contributed by atoms with Crippen LogP contribution in [0.3, 0.4) is 0 Å². The molecule has 0 aromatic heterocycles. The van der Waals surface area contributed by atoms with E-state index in [0.717, 1.165) is 25.2 Å². The minimum atomic E-state index is -0.754. The standard InChI is InChI=1S/C15H20N4O3/c1-19-9-7-11(8-10-19)17-18-15(21)14(20)16-12-5-3-4-6-13(12)22-2/h3-7,17H,8-10H2,1-2H3,(H,16,20)(H,18,21)/p+1. The van der Waals surface area contributed by atoms with Crippen LogP contribution in [0.5, 0.6) is 5.75 Å². The van der Waals surface area contributed by atoms with Crippen molar-refractivity contribution >= 4 is 17.5 Å². The van der Waals surface area contributed by atoms with E-state index in [-0.39, 0.29) is 0 Å². The molecule has 7 heteroatoms. The summed E-state index contributed by atoms with van der Waals surface area (Å²) in [7, 11) is 3.60. The van der Waals surface area contributed by atoms with Crippen LogP contribution in [0.15, 0.2) is 36.0 Å². The number of likely N-dealkylation sites (N-methyl/N-ethyl adjacent to an activating group) is 1. The van der Waals surface area contributed by atoms with E-state index in [1.54, 1.807) is 24.3 Å². The van der Waals surface area contributed by atoms with Gasteiger partial charge in [0, 0.05) is 12.1 Å². The van der Waals surface area contributed by atoms with Crippen molar-refractivity contribution in [3.8, 4) is 5.75 Å². The number of hydrogen-bond donors (Lipinski definition) is 4. The van der Waals surface area contributed by atoms with Crippen molar-refractivity contribution in [2.75, 3.05) is 32.6 Å². The van der Waals surface area contributed by atoms with Gasteiger partial charge in [0.05, 0.1) is 32.9 Å². The van der Waals surface area contributed by atoms with E-state index in [1.165, 1.54) is 12.0 Å². The topological polar surface area (TPSA) is 83.9 Å². The summed E-state index contributed by atoms with van der Waals surface area (Å²) < 4.78 is 5.12. The summed E-state index contributed by atoms with van der Waals surface area (Å²) >= 11 is 0. The molecule has 0 radical (unpaired) electrons. The van der Waals surface area contributed by atoms with Crippen molar-refractivity contribution in [1.82, 2.24) is 10.9 Å². The van der Waals surface area contributed by atoms with Crippen molar-refractivity contribution in [1.29, 1.82) is 0 Å². The predicted octanol–water partition coefficient (Wildman–Crippen LogP) is -0.943. The molecular weight excluding hydrogens is 284 g/mol. The first-order chi connectivity index (χ1) is 10.6. The lowest BCUT2D eigenvalue weighted by Gasteiger charge is -2.20. The minimum absolute atomic E-state index is 0.451. The molecule has 0 bridgehead atoms. The van der Waals surface area contributed by atoms with Gasteiger partial charge in [-0.2, -0.15) is 0 Å². The molecule has 7 nitrogen and oxygen atoms in total. The molecule has 118 valence electrons. The molecule has 1 atom stereocenters. The van der Waals surface area contributed by atoms with Crippen LogP contribution in [0.4, 0.5) is 5.69 Å². The molecule has 1 aromatic carbocycles. The molecule has 1 aliphatic rings. The highest BCUT2D eigenvalue weighted by molar-refractivity contribution is 6.39. The molecule has 1 unspecified atom stereocenters. The molecule has 2 rings (SSSR count). The number of nitrogens with one attached hydrogen (secondary N) is 4. The smallest absolute Gasteiger partial charge is 0.327 e. The predicted molar refractivity (Wildman–Crippen MR) is 82.2 cm³/mol. The van der Waals surface area contributed by atoms with E-state index in [0.29, 0.717) is 11.4 Å². The average Bonchev–Trinajstić information content (AvgIpc) is 2.54. The van der Waals surface area contributed by atoms with Crippen molar-refractivity contribution < 1.29 is 19.2 Å². The largest absolute Gasteiger partial charge is 0.495 e. The number of amides is 2. The second kappa shape index (κ2) is 7.46. The summed E-state index contributed by atoms with van der Waals surface area (Å²) in [5, 5.41) is 2.52. The zero-order valence-corrected chi connectivity index (χ0v) is 12.7. The second-order valence-electron chi connectivity index (χ2n) is 5.12. The van der Waals surface area contributed by atoms with Gasteiger partial charge in [0.1, 0.15) is 5.75 Å². The Hall–Kier alpha value is -2.54. The number of carbonyl (C=O) groups is 2. The first-order valence-corrected chi connectivity index (χ1v) is 7.11. The fourth-order valence-corrected chi connectivity index (χ4v) is 2.08. The van der Waals surface area contributed by atoms with Gasteiger partial charge in [-0.15, -0.1) is 0 Å². The number of anilines is 1. The highest BCUT2D eigenvalue weighted by atomic mass is 16.5. The van der Waals surface area contributed by atoms with Crippen LogP contribution >= 0.6 is 0 Å². The molecule has 1 aliphatic heterocycles. The summed E-state index contributed by atoms with van der Waals surface area (Å²) in [6, 6.07) is 6.90. The highest BCUT2D eigenvalue weighted by Crippen LogP contribution is 2.22. The normalized spacial score (nSPS) is 17.2. The zero-order valence-electron chi connectivity index (χ0n) is 12.7. The molecule has 1 heterocycles. The zero-order chi connectivity index (χ0) is 15.9. The maximum atomic E-state index is 11.9. The number of hydrogen-bond acceptors (Lipinski definition) is 4. The Bertz CT molecular complexity index is 586. The van der Waals surface area contributed by atoms with Gasteiger partial charge in [-0.3, -0.25) is 15.0 Å². The van der Waals surface area contributed by atoms with Gasteiger partial charge < -0.3 is 20.4 Å². The average molecular weight is 305 g/mol. The molecule has 2 amide bonds. The number of quaternary nitrogens is 1. The Morgan fingerprint density at radius 3 is 2.68 bits per heavy atom. The van der Waals surface area contributed by atoms with Crippen LogP contribution < -0.4 is 25.8 Å². The summed E-state index contributed by atoms with van der Waals surface area (Å²) in [5.74, 6) is -1.01. The van der Waals surface area contributed by atoms with Crippen molar-refractivity contribution in [3.63, 3.8) is 0 Å². The van der Waals surface area contributed by atoms with Gasteiger partial charge in [0.25, 0.3) is 0 Å². The van der Waals surface area contributed by atoms with E-state index in [9.17, 15) is 9.59 Å². The molecular formula is C15H21N4O3+. The molecule has 4 N–H and O–H groups in total. The lowest BCUT2D eigenvalue weighted by molar-refractivity contribution is -0.875. The molecule has 22 heavy (non-hydrogen) atoms. The van der Waals surface area contributed by atoms with Gasteiger partial charge in [0.15, 0.2) is 0 Å². The van der Waals surface area contributed by atoms with Gasteiger partial charge >= 0.3 is 11.8 Å². The number of methoxy groups -OCH3 is 1. The van der Waals surface area contributed by atoms with Crippen LogP contribution in [0.2, 0.25) is 0 Å². The number of rotatable bonds is 4. The lowest BCUT2D eigenvalue weighted by Crippen LogP contribution is -3.09. The lowest BCUT2D eigenvalue weighted by atomic mass is 10.2. The SMILES string of the molecule is COc1ccccc1NC(=O)C(=O)NNC1=CC[NH+](C)CC1. The fourth-order valence-electron chi connectivity index (χ4n) is 2.08. The van der Waals surface area contributed by atoms with Crippen LogP contribution in [-0.4, -0.2) is 39.1 Å². The fraction of sp³-hybridized carbons (Fsp3) is 0.333. The third-order valence-electron chi connectivity index (χ3n) is 3.42. The molecule has 1 aromatic rings. The third kappa shape index (κ3) is 4.23. The quantitative estimate of drug-likeness (QED) is 0.427. The van der Waals surface area contributed by atoms with Crippen LogP contribution in [0.1, 0.15) is 6.42 Å². The number of hydrazine groups is 1. The van der Waals surface area contributed by atoms with E-state index in [4.69, 9.17) is 4.74 Å². The maximum Gasteiger partial charge on any atom is 0.327 e. The van der Waals surface area contributed by atoms with Crippen LogP contribution in [0.25, 0.3) is 0 Å². The van der Waals surface area contributed by atoms with Crippen LogP contribution in [-0.2, 0) is 9.59 Å². The number of benzene rings is 1. The molecule has 0 saturated carbocycles. The third-order valence-corrected chi connectivity index (χ3v) is 3.42. The Morgan fingerprint density at radius 2 is 2.00 bits per heavy atom. The maximum absolute atomic E-state index is 11.9. The van der Waals surface area contributed by atoms with E-state index >= 15 is 0 Å². The van der Waals surface area contributed by atoms with Gasteiger partial charge in [-0.1, -0.05) is 12.1 Å². The Morgan fingerprint density at radius 1 is 1.23 bits per heavy atom. The highest BCUT2D eigenvalue weighted by Gasteiger charge is 2.17. The Balaban J connectivity index is 1.86. The molecule has 0 spiro atoms. The monoisotopic (exact) mass is 305 g/mol. The van der Waals surface area contributed by atoms with E-state index in [2.05, 4.69) is 23.2 Å². The number of para-hydroxylation sites is 2. The first kappa shape index (κ1) is 15.8. The van der Waals surface area contributed by atoms with Gasteiger partial charge in [-0.05, 0) is 18.2 Å². The number of ether oxygens (including phenoxy) is 1. The van der Waals surface area contributed by atoms with Gasteiger partial charge in [-0.25, -0.2) is 0 Å². The van der Waals surface area contributed by atoms with Crippen molar-refractivity contribution in [2.45, 2.75) is 6.42 Å². The van der Waals surface area contributed by atoms with Gasteiger partial charge in [0.2, 0.25) is 0 Å². The minimum Gasteiger partial charge on any atom is -0.495 e. The Kier molecular flexibility index (Phi) is 5.37. The molecule has 0 fully saturated rings. The second-order valence-corrected chi connectivity index (χ2v) is 5.12. The van der Waals surface area contributed by atoms with Crippen LogP contribution in [0, 0.1) is 0 Å². The molecule has 0 aliphatic carbocycles. The van der Waals surface area contributed by atoms with Crippen molar-refractivity contribution in [2.24, 2.45) is 0 Å².